The van der Waals surface area contributed by atoms with Gasteiger partial charge in [0.25, 0.3) is 0 Å². The molecule has 0 spiro atoms. The van der Waals surface area contributed by atoms with Gasteiger partial charge in [-0.3, -0.25) is 0 Å². The minimum Gasteiger partial charge on any atom is -0.370 e. The van der Waals surface area contributed by atoms with Crippen molar-refractivity contribution in [3.63, 3.8) is 0 Å². The fourth-order valence-corrected chi connectivity index (χ4v) is 3.27. The molecule has 0 fully saturated rings. The minimum absolute atomic E-state index is 0.295. The number of nitrogens with zero attached hydrogens (tertiary/aromatic N) is 4. The average Bonchev–Trinajstić information content (AvgIpc) is 2.79. The summed E-state index contributed by atoms with van der Waals surface area (Å²) in [6.07, 6.45) is 0. The molecule has 20 heavy (non-hydrogen) atoms. The first-order valence-corrected chi connectivity index (χ1v) is 8.20. The summed E-state index contributed by atoms with van der Waals surface area (Å²) in [5.41, 5.74) is 1.06. The standard InChI is InChI=1S/C13H19N5S2/c1-6-14-11-8(4)12(17-10(16-11)7(2)3)19-13-15-9(5)18-20-13/h7H,6H2,1-5H3,(H,14,16,17). The van der Waals surface area contributed by atoms with Gasteiger partial charge in [0.2, 0.25) is 0 Å². The third-order valence-electron chi connectivity index (χ3n) is 2.67. The molecule has 0 saturated heterocycles. The molecule has 1 N–H and O–H groups in total. The first-order valence-electron chi connectivity index (χ1n) is 6.61. The van der Waals surface area contributed by atoms with Crippen LogP contribution in [0.2, 0.25) is 0 Å². The van der Waals surface area contributed by atoms with E-state index in [0.29, 0.717) is 5.92 Å². The van der Waals surface area contributed by atoms with Crippen LogP contribution in [0.25, 0.3) is 0 Å². The highest BCUT2D eigenvalue weighted by Gasteiger charge is 2.15. The molecule has 0 aliphatic heterocycles. The predicted octanol–water partition coefficient (Wildman–Crippen LogP) is 3.65. The molecule has 2 aromatic heterocycles. The van der Waals surface area contributed by atoms with Gasteiger partial charge in [-0.1, -0.05) is 13.8 Å². The largest absolute Gasteiger partial charge is 0.370 e. The molecule has 2 heterocycles. The van der Waals surface area contributed by atoms with E-state index >= 15 is 0 Å². The summed E-state index contributed by atoms with van der Waals surface area (Å²) in [4.78, 5) is 13.7. The number of anilines is 1. The van der Waals surface area contributed by atoms with Gasteiger partial charge in [0, 0.05) is 18.0 Å². The second kappa shape index (κ2) is 6.49. The van der Waals surface area contributed by atoms with Crippen LogP contribution in [0.15, 0.2) is 9.37 Å². The smallest absolute Gasteiger partial charge is 0.176 e. The third-order valence-corrected chi connectivity index (χ3v) is 4.61. The molecule has 7 heteroatoms. The van der Waals surface area contributed by atoms with Crippen molar-refractivity contribution in [1.29, 1.82) is 0 Å². The second-order valence-electron chi connectivity index (χ2n) is 4.76. The maximum atomic E-state index is 4.67. The molecule has 0 aromatic carbocycles. The Balaban J connectivity index is 2.39. The average molecular weight is 309 g/mol. The third kappa shape index (κ3) is 3.46. The summed E-state index contributed by atoms with van der Waals surface area (Å²) < 4.78 is 5.13. The van der Waals surface area contributed by atoms with Gasteiger partial charge in [-0.2, -0.15) is 4.37 Å². The van der Waals surface area contributed by atoms with Crippen molar-refractivity contribution in [1.82, 2.24) is 19.3 Å². The molecule has 0 saturated carbocycles. The van der Waals surface area contributed by atoms with E-state index in [0.717, 1.165) is 38.9 Å². The van der Waals surface area contributed by atoms with Gasteiger partial charge in [0.05, 0.1) is 0 Å². The number of nitrogens with one attached hydrogen (secondary N) is 1. The van der Waals surface area contributed by atoms with Crippen LogP contribution in [-0.4, -0.2) is 25.9 Å². The van der Waals surface area contributed by atoms with E-state index in [-0.39, 0.29) is 0 Å². The first kappa shape index (κ1) is 15.2. The lowest BCUT2D eigenvalue weighted by Crippen LogP contribution is -2.08. The summed E-state index contributed by atoms with van der Waals surface area (Å²) in [6.45, 7) is 11.1. The quantitative estimate of drug-likeness (QED) is 0.851. The van der Waals surface area contributed by atoms with Gasteiger partial charge in [-0.05, 0) is 44.1 Å². The highest BCUT2D eigenvalue weighted by atomic mass is 32.2. The van der Waals surface area contributed by atoms with Crippen molar-refractivity contribution in [2.24, 2.45) is 0 Å². The molecule has 0 aliphatic carbocycles. The van der Waals surface area contributed by atoms with Crippen molar-refractivity contribution in [3.05, 3.63) is 17.2 Å². The molecule has 0 unspecified atom stereocenters. The molecule has 2 rings (SSSR count). The lowest BCUT2D eigenvalue weighted by Gasteiger charge is -2.13. The molecular weight excluding hydrogens is 290 g/mol. The topological polar surface area (TPSA) is 63.6 Å². The highest BCUT2D eigenvalue weighted by Crippen LogP contribution is 2.33. The van der Waals surface area contributed by atoms with E-state index in [9.17, 15) is 0 Å². The zero-order valence-corrected chi connectivity index (χ0v) is 14.0. The van der Waals surface area contributed by atoms with Crippen molar-refractivity contribution < 1.29 is 0 Å². The van der Waals surface area contributed by atoms with Crippen molar-refractivity contribution in [2.45, 2.75) is 49.9 Å². The van der Waals surface area contributed by atoms with Crippen molar-refractivity contribution in [3.8, 4) is 0 Å². The van der Waals surface area contributed by atoms with Crippen LogP contribution in [0.5, 0.6) is 0 Å². The molecule has 0 atom stereocenters. The molecule has 0 aliphatic rings. The van der Waals surface area contributed by atoms with Gasteiger partial charge in [0.1, 0.15) is 22.5 Å². The number of rotatable bonds is 5. The number of hydrogen-bond acceptors (Lipinski definition) is 7. The van der Waals surface area contributed by atoms with Crippen molar-refractivity contribution >= 4 is 29.1 Å². The van der Waals surface area contributed by atoms with E-state index in [2.05, 4.69) is 45.4 Å². The Hall–Kier alpha value is -1.21. The Morgan fingerprint density at radius 2 is 1.95 bits per heavy atom. The van der Waals surface area contributed by atoms with Crippen LogP contribution < -0.4 is 5.32 Å². The number of aromatic nitrogens is 4. The van der Waals surface area contributed by atoms with Gasteiger partial charge in [-0.25, -0.2) is 15.0 Å². The summed E-state index contributed by atoms with van der Waals surface area (Å²) in [6, 6.07) is 0. The summed E-state index contributed by atoms with van der Waals surface area (Å²) in [5.74, 6) is 2.87. The Bertz CT molecular complexity index is 594. The fraction of sp³-hybridized carbons (Fsp3) is 0.538. The normalized spacial score (nSPS) is 11.1. The second-order valence-corrected chi connectivity index (χ2v) is 6.74. The van der Waals surface area contributed by atoms with E-state index in [1.165, 1.54) is 11.5 Å². The molecule has 0 radical (unpaired) electrons. The Morgan fingerprint density at radius 3 is 2.50 bits per heavy atom. The molecule has 2 aromatic rings. The minimum atomic E-state index is 0.295. The van der Waals surface area contributed by atoms with Crippen LogP contribution in [0, 0.1) is 13.8 Å². The van der Waals surface area contributed by atoms with Gasteiger partial charge in [0.15, 0.2) is 4.34 Å². The van der Waals surface area contributed by atoms with Crippen LogP contribution in [-0.2, 0) is 0 Å². The Morgan fingerprint density at radius 1 is 1.20 bits per heavy atom. The number of aryl methyl sites for hydroxylation is 1. The summed E-state index contributed by atoms with van der Waals surface area (Å²) in [5, 5.41) is 4.26. The zero-order chi connectivity index (χ0) is 14.7. The van der Waals surface area contributed by atoms with Crippen LogP contribution in [0.4, 0.5) is 5.82 Å². The van der Waals surface area contributed by atoms with Crippen LogP contribution in [0.3, 0.4) is 0 Å². The Labute approximate surface area is 127 Å². The van der Waals surface area contributed by atoms with E-state index in [1.807, 2.05) is 13.8 Å². The molecule has 0 amide bonds. The number of hydrogen-bond donors (Lipinski definition) is 1. The van der Waals surface area contributed by atoms with Gasteiger partial charge in [-0.15, -0.1) is 0 Å². The van der Waals surface area contributed by atoms with Crippen LogP contribution in [0.1, 0.15) is 43.9 Å². The lowest BCUT2D eigenvalue weighted by molar-refractivity contribution is 0.748. The monoisotopic (exact) mass is 309 g/mol. The van der Waals surface area contributed by atoms with Gasteiger partial charge >= 0.3 is 0 Å². The van der Waals surface area contributed by atoms with Crippen LogP contribution >= 0.6 is 23.3 Å². The van der Waals surface area contributed by atoms with Gasteiger partial charge < -0.3 is 5.32 Å². The lowest BCUT2D eigenvalue weighted by atomic mass is 10.2. The zero-order valence-electron chi connectivity index (χ0n) is 12.4. The maximum Gasteiger partial charge on any atom is 0.176 e. The maximum absolute atomic E-state index is 4.67. The molecule has 5 nitrogen and oxygen atoms in total. The molecular formula is C13H19N5S2. The summed E-state index contributed by atoms with van der Waals surface area (Å²) >= 11 is 2.97. The highest BCUT2D eigenvalue weighted by molar-refractivity contribution is 8.00. The molecule has 108 valence electrons. The molecule has 0 bridgehead atoms. The van der Waals surface area contributed by atoms with E-state index < -0.39 is 0 Å². The van der Waals surface area contributed by atoms with E-state index in [1.54, 1.807) is 11.8 Å². The fourth-order valence-electron chi connectivity index (χ4n) is 1.61. The van der Waals surface area contributed by atoms with Crippen molar-refractivity contribution in [2.75, 3.05) is 11.9 Å². The SMILES string of the molecule is CCNc1nc(C(C)C)nc(Sc2nc(C)ns2)c1C. The summed E-state index contributed by atoms with van der Waals surface area (Å²) in [7, 11) is 0. The predicted molar refractivity (Wildman–Crippen MR) is 83.8 cm³/mol. The van der Waals surface area contributed by atoms with E-state index in [4.69, 9.17) is 0 Å². The first-order chi connectivity index (χ1) is 9.51. The Kier molecular flexibility index (Phi) is 4.93.